The van der Waals surface area contributed by atoms with Crippen molar-refractivity contribution >= 4 is 23.8 Å². The first-order valence-corrected chi connectivity index (χ1v) is 9.26. The van der Waals surface area contributed by atoms with Crippen LogP contribution in [0.5, 0.6) is 0 Å². The van der Waals surface area contributed by atoms with Crippen LogP contribution in [0.1, 0.15) is 33.6 Å². The fourth-order valence-corrected chi connectivity index (χ4v) is 3.69. The Morgan fingerprint density at radius 3 is 2.27 bits per heavy atom. The molecule has 0 aliphatic carbocycles. The Morgan fingerprint density at radius 1 is 1.10 bits per heavy atom. The number of urea groups is 1. The molecular formula is C19H20F3N3O5. The molecule has 2 saturated heterocycles. The molecule has 0 spiro atoms. The van der Waals surface area contributed by atoms with E-state index in [0.29, 0.717) is 12.8 Å². The number of hydrogen-bond acceptors (Lipinski definition) is 5. The molecular weight excluding hydrogens is 407 g/mol. The van der Waals surface area contributed by atoms with Crippen LogP contribution in [0.4, 0.5) is 18.0 Å². The van der Waals surface area contributed by atoms with Crippen molar-refractivity contribution in [2.45, 2.75) is 25.1 Å². The first-order valence-electron chi connectivity index (χ1n) is 9.26. The molecule has 0 N–H and O–H groups in total. The second-order valence-electron chi connectivity index (χ2n) is 7.07. The number of carbonyl (C=O) groups excluding carboxylic acids is 4. The third kappa shape index (κ3) is 4.39. The highest BCUT2D eigenvalue weighted by Crippen LogP contribution is 2.26. The van der Waals surface area contributed by atoms with Crippen LogP contribution in [0.2, 0.25) is 0 Å². The lowest BCUT2D eigenvalue weighted by atomic mass is 10.0. The molecule has 11 heteroatoms. The summed E-state index contributed by atoms with van der Waals surface area (Å²) in [5.74, 6) is -1.90. The molecule has 2 aliphatic rings. The van der Waals surface area contributed by atoms with E-state index in [-0.39, 0.29) is 35.0 Å². The summed E-state index contributed by atoms with van der Waals surface area (Å²) in [6, 6.07) is 4.82. The average Bonchev–Trinajstić information content (AvgIpc) is 2.99. The largest absolute Gasteiger partial charge is 0.465 e. The Kier molecular flexibility index (Phi) is 5.99. The highest BCUT2D eigenvalue weighted by Gasteiger charge is 2.45. The summed E-state index contributed by atoms with van der Waals surface area (Å²) in [6.45, 7) is -1.55. The van der Waals surface area contributed by atoms with Crippen molar-refractivity contribution in [2.24, 2.45) is 0 Å². The predicted molar refractivity (Wildman–Crippen MR) is 96.6 cm³/mol. The van der Waals surface area contributed by atoms with Crippen molar-refractivity contribution in [3.63, 3.8) is 0 Å². The van der Waals surface area contributed by atoms with E-state index < -0.39 is 43.2 Å². The van der Waals surface area contributed by atoms with Crippen molar-refractivity contribution in [2.75, 3.05) is 33.3 Å². The minimum Gasteiger partial charge on any atom is -0.465 e. The summed E-state index contributed by atoms with van der Waals surface area (Å²) in [4.78, 5) is 51.7. The van der Waals surface area contributed by atoms with Gasteiger partial charge in [0.25, 0.3) is 11.8 Å². The van der Waals surface area contributed by atoms with Crippen molar-refractivity contribution in [1.29, 1.82) is 0 Å². The second kappa shape index (κ2) is 8.33. The Balaban J connectivity index is 1.65. The van der Waals surface area contributed by atoms with Gasteiger partial charge in [-0.15, -0.1) is 0 Å². The van der Waals surface area contributed by atoms with Gasteiger partial charge in [-0.05, 0) is 25.0 Å². The number of piperidine rings is 1. The van der Waals surface area contributed by atoms with Crippen molar-refractivity contribution in [3.8, 4) is 0 Å². The van der Waals surface area contributed by atoms with Gasteiger partial charge in [-0.1, -0.05) is 12.1 Å². The van der Waals surface area contributed by atoms with Gasteiger partial charge in [0.1, 0.15) is 13.1 Å². The number of rotatable bonds is 4. The third-order valence-corrected chi connectivity index (χ3v) is 5.18. The molecule has 2 fully saturated rings. The lowest BCUT2D eigenvalue weighted by Gasteiger charge is -2.36. The van der Waals surface area contributed by atoms with Crippen LogP contribution in [0.3, 0.4) is 0 Å². The number of alkyl halides is 3. The lowest BCUT2D eigenvalue weighted by molar-refractivity contribution is -0.151. The van der Waals surface area contributed by atoms with E-state index in [1.54, 1.807) is 12.1 Å². The number of ether oxygens (including phenoxy) is 1. The van der Waals surface area contributed by atoms with E-state index in [1.807, 2.05) is 0 Å². The van der Waals surface area contributed by atoms with Gasteiger partial charge in [0.15, 0.2) is 0 Å². The van der Waals surface area contributed by atoms with Crippen LogP contribution in [0.15, 0.2) is 24.3 Å². The maximum absolute atomic E-state index is 12.8. The predicted octanol–water partition coefficient (Wildman–Crippen LogP) is 1.90. The summed E-state index contributed by atoms with van der Waals surface area (Å²) in [5, 5.41) is 0. The number of imide groups is 1. The summed E-state index contributed by atoms with van der Waals surface area (Å²) < 4.78 is 42.5. The number of esters is 1. The van der Waals surface area contributed by atoms with Gasteiger partial charge in [-0.2, -0.15) is 13.2 Å². The number of carbonyl (C=O) groups is 4. The van der Waals surface area contributed by atoms with Gasteiger partial charge in [-0.25, -0.2) is 9.59 Å². The summed E-state index contributed by atoms with van der Waals surface area (Å²) in [6.07, 6.45) is -4.04. The van der Waals surface area contributed by atoms with E-state index in [1.165, 1.54) is 24.1 Å². The van der Waals surface area contributed by atoms with Crippen LogP contribution in [-0.4, -0.2) is 84.0 Å². The van der Waals surface area contributed by atoms with Gasteiger partial charge >= 0.3 is 18.2 Å². The van der Waals surface area contributed by atoms with E-state index in [2.05, 4.69) is 0 Å². The Hall–Kier alpha value is -3.11. The monoisotopic (exact) mass is 427 g/mol. The SMILES string of the molecule is COC(=O)c1ccccc1C(=O)N1CCC(N2CC(=O)N(CC(F)(F)F)C2=O)CC1. The molecule has 0 atom stereocenters. The Labute approximate surface area is 170 Å². The van der Waals surface area contributed by atoms with E-state index in [0.717, 1.165) is 4.90 Å². The minimum atomic E-state index is -4.66. The summed E-state index contributed by atoms with van der Waals surface area (Å²) in [7, 11) is 1.21. The highest BCUT2D eigenvalue weighted by atomic mass is 19.4. The van der Waals surface area contributed by atoms with E-state index in [4.69, 9.17) is 4.74 Å². The molecule has 2 aliphatic heterocycles. The molecule has 2 heterocycles. The van der Waals surface area contributed by atoms with E-state index >= 15 is 0 Å². The number of likely N-dealkylation sites (tertiary alicyclic amines) is 1. The molecule has 0 aromatic heterocycles. The van der Waals surface area contributed by atoms with Gasteiger partial charge in [0, 0.05) is 19.1 Å². The van der Waals surface area contributed by atoms with E-state index in [9.17, 15) is 32.3 Å². The third-order valence-electron chi connectivity index (χ3n) is 5.18. The molecule has 3 rings (SSSR count). The number of amides is 4. The van der Waals surface area contributed by atoms with Crippen LogP contribution in [0.25, 0.3) is 0 Å². The van der Waals surface area contributed by atoms with Crippen LogP contribution < -0.4 is 0 Å². The molecule has 4 amide bonds. The van der Waals surface area contributed by atoms with Gasteiger partial charge < -0.3 is 14.5 Å². The number of halogens is 3. The molecule has 0 saturated carbocycles. The van der Waals surface area contributed by atoms with Crippen LogP contribution >= 0.6 is 0 Å². The zero-order valence-electron chi connectivity index (χ0n) is 16.1. The fourth-order valence-electron chi connectivity index (χ4n) is 3.69. The number of benzene rings is 1. The average molecular weight is 427 g/mol. The second-order valence-corrected chi connectivity index (χ2v) is 7.07. The van der Waals surface area contributed by atoms with Gasteiger partial charge in [-0.3, -0.25) is 14.5 Å². The lowest BCUT2D eigenvalue weighted by Crippen LogP contribution is -2.48. The minimum absolute atomic E-state index is 0.134. The number of methoxy groups -OCH3 is 1. The fraction of sp³-hybridized carbons (Fsp3) is 0.474. The maximum Gasteiger partial charge on any atom is 0.406 e. The molecule has 1 aromatic rings. The molecule has 0 bridgehead atoms. The quantitative estimate of drug-likeness (QED) is 0.541. The molecule has 30 heavy (non-hydrogen) atoms. The molecule has 1 aromatic carbocycles. The first kappa shape index (κ1) is 21.6. The van der Waals surface area contributed by atoms with Crippen molar-refractivity contribution in [1.82, 2.24) is 14.7 Å². The molecule has 162 valence electrons. The molecule has 0 radical (unpaired) electrons. The first-order chi connectivity index (χ1) is 14.1. The molecule has 0 unspecified atom stereocenters. The standard InChI is InChI=1S/C19H20F3N3O5/c1-30-17(28)14-5-3-2-4-13(14)16(27)23-8-6-12(7-9-23)24-10-15(26)25(18(24)29)11-19(20,21)22/h2-5,12H,6-11H2,1H3. The molecule has 8 nitrogen and oxygen atoms in total. The van der Waals surface area contributed by atoms with Crippen molar-refractivity contribution in [3.05, 3.63) is 35.4 Å². The van der Waals surface area contributed by atoms with Crippen LogP contribution in [0, 0.1) is 0 Å². The van der Waals surface area contributed by atoms with Gasteiger partial charge in [0.2, 0.25) is 0 Å². The number of nitrogens with zero attached hydrogens (tertiary/aromatic N) is 3. The smallest absolute Gasteiger partial charge is 0.406 e. The number of hydrogen-bond donors (Lipinski definition) is 0. The normalized spacial score (nSPS) is 18.2. The highest BCUT2D eigenvalue weighted by molar-refractivity contribution is 6.05. The topological polar surface area (TPSA) is 87.2 Å². The maximum atomic E-state index is 12.8. The zero-order valence-corrected chi connectivity index (χ0v) is 16.1. The Bertz CT molecular complexity index is 865. The van der Waals surface area contributed by atoms with Gasteiger partial charge in [0.05, 0.1) is 18.2 Å². The van der Waals surface area contributed by atoms with Crippen molar-refractivity contribution < 1.29 is 37.1 Å². The Morgan fingerprint density at radius 2 is 1.70 bits per heavy atom. The van der Waals surface area contributed by atoms with Crippen LogP contribution in [-0.2, 0) is 9.53 Å². The zero-order chi connectivity index (χ0) is 22.1. The summed E-state index contributed by atoms with van der Waals surface area (Å²) in [5.41, 5.74) is 0.321. The summed E-state index contributed by atoms with van der Waals surface area (Å²) >= 11 is 0.